The van der Waals surface area contributed by atoms with Gasteiger partial charge in [0, 0.05) is 11.8 Å². The summed E-state index contributed by atoms with van der Waals surface area (Å²) in [6, 6.07) is 8.08. The highest BCUT2D eigenvalue weighted by Crippen LogP contribution is 2.21. The number of rotatable bonds is 6. The first kappa shape index (κ1) is 16.9. The van der Waals surface area contributed by atoms with Crippen LogP contribution in [0, 0.1) is 0 Å². The van der Waals surface area contributed by atoms with Crippen molar-refractivity contribution >= 4 is 0 Å². The zero-order valence-corrected chi connectivity index (χ0v) is 13.8. The van der Waals surface area contributed by atoms with Gasteiger partial charge in [0.1, 0.15) is 12.3 Å². The van der Waals surface area contributed by atoms with Gasteiger partial charge in [-0.2, -0.15) is 4.98 Å². The number of hydrogen-bond acceptors (Lipinski definition) is 5. The molecular weight excluding hydrogens is 328 g/mol. The number of ether oxygens (including phenoxy) is 1. The van der Waals surface area contributed by atoms with Crippen LogP contribution in [0.15, 0.2) is 42.7 Å². The summed E-state index contributed by atoms with van der Waals surface area (Å²) >= 11 is 0. The highest BCUT2D eigenvalue weighted by atomic mass is 19.3. The van der Waals surface area contributed by atoms with Crippen molar-refractivity contribution in [1.29, 1.82) is 0 Å². The van der Waals surface area contributed by atoms with Crippen LogP contribution >= 0.6 is 0 Å². The van der Waals surface area contributed by atoms with Crippen LogP contribution in [0.4, 0.5) is 8.78 Å². The highest BCUT2D eigenvalue weighted by molar-refractivity contribution is 5.35. The number of nitrogens with zero attached hydrogens (tertiary/aromatic N) is 5. The smallest absolute Gasteiger partial charge is 0.316 e. The molecule has 1 aromatic carbocycles. The highest BCUT2D eigenvalue weighted by Gasteiger charge is 2.10. The van der Waals surface area contributed by atoms with Crippen molar-refractivity contribution in [3.8, 4) is 11.7 Å². The number of aromatic nitrogens is 5. The number of halogens is 2. The van der Waals surface area contributed by atoms with Gasteiger partial charge in [0.15, 0.2) is 0 Å². The van der Waals surface area contributed by atoms with Gasteiger partial charge in [-0.05, 0) is 24.1 Å². The molecule has 0 unspecified atom stereocenters. The first-order valence-electron chi connectivity index (χ1n) is 7.78. The summed E-state index contributed by atoms with van der Waals surface area (Å²) < 4.78 is 32.5. The van der Waals surface area contributed by atoms with E-state index in [1.54, 1.807) is 24.5 Å². The Labute approximate surface area is 143 Å². The van der Waals surface area contributed by atoms with Gasteiger partial charge in [-0.25, -0.2) is 18.4 Å². The lowest BCUT2D eigenvalue weighted by Crippen LogP contribution is -2.02. The largest absolute Gasteiger partial charge is 0.457 e. The van der Waals surface area contributed by atoms with Crippen molar-refractivity contribution in [2.75, 3.05) is 0 Å². The Morgan fingerprint density at radius 2 is 2.04 bits per heavy atom. The van der Waals surface area contributed by atoms with Crippen molar-refractivity contribution in [2.24, 2.45) is 0 Å². The molecule has 0 aliphatic rings. The Morgan fingerprint density at radius 3 is 2.80 bits per heavy atom. The molecule has 130 valence electrons. The zero-order valence-electron chi connectivity index (χ0n) is 13.8. The van der Waals surface area contributed by atoms with E-state index in [1.807, 2.05) is 19.9 Å². The van der Waals surface area contributed by atoms with Gasteiger partial charge in [-0.3, -0.25) is 0 Å². The summed E-state index contributed by atoms with van der Waals surface area (Å²) in [6.07, 6.45) is 0.734. The third-order valence-corrected chi connectivity index (χ3v) is 3.52. The lowest BCUT2D eigenvalue weighted by molar-refractivity contribution is 0.151. The van der Waals surface area contributed by atoms with Crippen molar-refractivity contribution in [3.05, 3.63) is 59.7 Å². The molecule has 0 fully saturated rings. The van der Waals surface area contributed by atoms with Crippen LogP contribution in [0.1, 0.15) is 43.1 Å². The third kappa shape index (κ3) is 4.14. The molecule has 2 aromatic heterocycles. The number of benzene rings is 1. The first-order chi connectivity index (χ1) is 12.0. The Kier molecular flexibility index (Phi) is 4.97. The average molecular weight is 345 g/mol. The van der Waals surface area contributed by atoms with E-state index in [9.17, 15) is 8.78 Å². The molecule has 8 heteroatoms. The molecule has 0 aliphatic carbocycles. The Morgan fingerprint density at radius 1 is 1.20 bits per heavy atom. The summed E-state index contributed by atoms with van der Waals surface area (Å²) in [5.74, 6) is 0.272. The van der Waals surface area contributed by atoms with Crippen LogP contribution in [0.3, 0.4) is 0 Å². The molecule has 0 N–H and O–H groups in total. The zero-order chi connectivity index (χ0) is 17.8. The van der Waals surface area contributed by atoms with E-state index < -0.39 is 6.43 Å². The standard InChI is InChI=1S/C17H17F2N5O/c1-11(2)15-6-7-20-17(21-15)25-10-13-9-24(23-22-13)14-5-3-4-12(8-14)16(18)19/h3-9,11,16H,10H2,1-2H3. The fraction of sp³-hybridized carbons (Fsp3) is 0.294. The van der Waals surface area contributed by atoms with E-state index in [0.29, 0.717) is 11.4 Å². The van der Waals surface area contributed by atoms with Gasteiger partial charge in [-0.1, -0.05) is 31.2 Å². The van der Waals surface area contributed by atoms with Crippen LogP contribution in [0.25, 0.3) is 5.69 Å². The maximum absolute atomic E-state index is 12.8. The summed E-state index contributed by atoms with van der Waals surface area (Å²) in [4.78, 5) is 8.37. The van der Waals surface area contributed by atoms with Gasteiger partial charge >= 0.3 is 6.01 Å². The predicted octanol–water partition coefficient (Wildman–Crippen LogP) is 3.70. The fourth-order valence-corrected chi connectivity index (χ4v) is 2.18. The van der Waals surface area contributed by atoms with Crippen molar-refractivity contribution < 1.29 is 13.5 Å². The van der Waals surface area contributed by atoms with Crippen LogP contribution in [0.5, 0.6) is 6.01 Å². The van der Waals surface area contributed by atoms with Gasteiger partial charge in [0.25, 0.3) is 6.43 Å². The van der Waals surface area contributed by atoms with E-state index in [-0.39, 0.29) is 24.1 Å². The fourth-order valence-electron chi connectivity index (χ4n) is 2.18. The molecule has 0 aliphatic heterocycles. The lowest BCUT2D eigenvalue weighted by Gasteiger charge is -2.06. The molecular formula is C17H17F2N5O. The lowest BCUT2D eigenvalue weighted by atomic mass is 10.1. The van der Waals surface area contributed by atoms with E-state index in [4.69, 9.17) is 4.74 Å². The van der Waals surface area contributed by atoms with Gasteiger partial charge in [0.05, 0.1) is 17.6 Å². The Bertz CT molecular complexity index is 850. The van der Waals surface area contributed by atoms with Crippen molar-refractivity contribution in [1.82, 2.24) is 25.0 Å². The predicted molar refractivity (Wildman–Crippen MR) is 86.8 cm³/mol. The molecule has 0 spiro atoms. The maximum atomic E-state index is 12.8. The summed E-state index contributed by atoms with van der Waals surface area (Å²) in [7, 11) is 0. The third-order valence-electron chi connectivity index (χ3n) is 3.52. The quantitative estimate of drug-likeness (QED) is 0.681. The number of hydrogen-bond donors (Lipinski definition) is 0. The van der Waals surface area contributed by atoms with Crippen LogP contribution in [0.2, 0.25) is 0 Å². The van der Waals surface area contributed by atoms with E-state index in [0.717, 1.165) is 5.69 Å². The van der Waals surface area contributed by atoms with Crippen molar-refractivity contribution in [3.63, 3.8) is 0 Å². The summed E-state index contributed by atoms with van der Waals surface area (Å²) in [6.45, 7) is 4.20. The topological polar surface area (TPSA) is 65.7 Å². The number of alkyl halides is 2. The molecule has 0 atom stereocenters. The average Bonchev–Trinajstić information content (AvgIpc) is 3.09. The van der Waals surface area contributed by atoms with E-state index >= 15 is 0 Å². The van der Waals surface area contributed by atoms with Gasteiger partial charge in [0.2, 0.25) is 0 Å². The molecule has 6 nitrogen and oxygen atoms in total. The molecule has 3 aromatic rings. The van der Waals surface area contributed by atoms with Crippen LogP contribution in [-0.2, 0) is 6.61 Å². The minimum atomic E-state index is -2.53. The van der Waals surface area contributed by atoms with Gasteiger partial charge in [-0.15, -0.1) is 5.10 Å². The van der Waals surface area contributed by atoms with Crippen molar-refractivity contribution in [2.45, 2.75) is 32.8 Å². The molecule has 3 rings (SSSR count). The second-order valence-corrected chi connectivity index (χ2v) is 5.76. The first-order valence-corrected chi connectivity index (χ1v) is 7.78. The van der Waals surface area contributed by atoms with Crippen LogP contribution in [-0.4, -0.2) is 25.0 Å². The van der Waals surface area contributed by atoms with Gasteiger partial charge < -0.3 is 4.74 Å². The summed E-state index contributed by atoms with van der Waals surface area (Å²) in [5.41, 5.74) is 1.87. The molecule has 25 heavy (non-hydrogen) atoms. The Hall–Kier alpha value is -2.90. The second kappa shape index (κ2) is 7.33. The normalized spacial score (nSPS) is 11.3. The molecule has 0 amide bonds. The second-order valence-electron chi connectivity index (χ2n) is 5.76. The SMILES string of the molecule is CC(C)c1ccnc(OCc2cn(-c3cccc(C(F)F)c3)nn2)n1. The Balaban J connectivity index is 1.70. The van der Waals surface area contributed by atoms with Crippen LogP contribution < -0.4 is 4.74 Å². The summed E-state index contributed by atoms with van der Waals surface area (Å²) in [5, 5.41) is 7.93. The molecule has 0 bridgehead atoms. The van der Waals surface area contributed by atoms with E-state index in [2.05, 4.69) is 20.3 Å². The molecule has 0 saturated heterocycles. The maximum Gasteiger partial charge on any atom is 0.316 e. The minimum absolute atomic E-state index is 0.0651. The minimum Gasteiger partial charge on any atom is -0.457 e. The molecule has 0 radical (unpaired) electrons. The van der Waals surface area contributed by atoms with E-state index in [1.165, 1.54) is 16.8 Å². The molecule has 0 saturated carbocycles. The monoisotopic (exact) mass is 345 g/mol. The molecule has 2 heterocycles.